The Balaban J connectivity index is 1.84. The van der Waals surface area contributed by atoms with Crippen LogP contribution in [0.5, 0.6) is 0 Å². The first-order chi connectivity index (χ1) is 6.65. The summed E-state index contributed by atoms with van der Waals surface area (Å²) in [6, 6.07) is 0. The second-order valence-corrected chi connectivity index (χ2v) is 5.06. The molecule has 0 aromatic carbocycles. The second-order valence-electron chi connectivity index (χ2n) is 5.06. The van der Waals surface area contributed by atoms with Crippen LogP contribution in [-0.2, 0) is 4.79 Å². The number of hydrogen-bond acceptors (Lipinski definition) is 2. The van der Waals surface area contributed by atoms with Gasteiger partial charge in [-0.1, -0.05) is 0 Å². The maximum atomic E-state index is 11.4. The monoisotopic (exact) mass is 196 g/mol. The average Bonchev–Trinajstić information content (AvgIpc) is 2.16. The van der Waals surface area contributed by atoms with Gasteiger partial charge in [0, 0.05) is 26.1 Å². The van der Waals surface area contributed by atoms with Gasteiger partial charge in [-0.15, -0.1) is 0 Å². The highest BCUT2D eigenvalue weighted by molar-refractivity contribution is 5.78. The Morgan fingerprint density at radius 1 is 1.36 bits per heavy atom. The van der Waals surface area contributed by atoms with Gasteiger partial charge in [-0.2, -0.15) is 0 Å². The SMILES string of the molecule is CNC(=O)C1CCC2(CC1)CN(C)C2. The molecule has 1 aliphatic heterocycles. The Bertz CT molecular complexity index is 223. The number of nitrogens with one attached hydrogen (secondary N) is 1. The van der Waals surface area contributed by atoms with Crippen LogP contribution in [0, 0.1) is 11.3 Å². The summed E-state index contributed by atoms with van der Waals surface area (Å²) < 4.78 is 0. The molecule has 0 unspecified atom stereocenters. The molecule has 3 heteroatoms. The van der Waals surface area contributed by atoms with E-state index in [1.807, 2.05) is 0 Å². The van der Waals surface area contributed by atoms with Crippen molar-refractivity contribution in [3.63, 3.8) is 0 Å². The molecule has 80 valence electrons. The highest BCUT2D eigenvalue weighted by Crippen LogP contribution is 2.44. The molecule has 14 heavy (non-hydrogen) atoms. The van der Waals surface area contributed by atoms with E-state index in [2.05, 4.69) is 17.3 Å². The normalized spacial score (nSPS) is 27.3. The van der Waals surface area contributed by atoms with Crippen molar-refractivity contribution in [2.24, 2.45) is 11.3 Å². The summed E-state index contributed by atoms with van der Waals surface area (Å²) in [6.07, 6.45) is 4.67. The fraction of sp³-hybridized carbons (Fsp3) is 0.909. The number of amides is 1. The minimum absolute atomic E-state index is 0.243. The predicted molar refractivity (Wildman–Crippen MR) is 56.0 cm³/mol. The molecule has 1 saturated carbocycles. The van der Waals surface area contributed by atoms with Crippen LogP contribution in [0.1, 0.15) is 25.7 Å². The third-order valence-electron chi connectivity index (χ3n) is 3.87. The van der Waals surface area contributed by atoms with E-state index < -0.39 is 0 Å². The van der Waals surface area contributed by atoms with Gasteiger partial charge in [0.25, 0.3) is 0 Å². The van der Waals surface area contributed by atoms with Gasteiger partial charge < -0.3 is 10.2 Å². The Morgan fingerprint density at radius 2 is 1.93 bits per heavy atom. The first-order valence-corrected chi connectivity index (χ1v) is 5.55. The molecule has 2 rings (SSSR count). The molecular weight excluding hydrogens is 176 g/mol. The van der Waals surface area contributed by atoms with E-state index in [1.54, 1.807) is 7.05 Å². The van der Waals surface area contributed by atoms with E-state index >= 15 is 0 Å². The van der Waals surface area contributed by atoms with Crippen molar-refractivity contribution in [1.82, 2.24) is 10.2 Å². The van der Waals surface area contributed by atoms with Crippen LogP contribution in [0.25, 0.3) is 0 Å². The number of nitrogens with zero attached hydrogens (tertiary/aromatic N) is 1. The zero-order valence-corrected chi connectivity index (χ0v) is 9.18. The van der Waals surface area contributed by atoms with Crippen LogP contribution in [0.2, 0.25) is 0 Å². The van der Waals surface area contributed by atoms with Crippen molar-refractivity contribution >= 4 is 5.91 Å². The van der Waals surface area contributed by atoms with Gasteiger partial charge >= 0.3 is 0 Å². The van der Waals surface area contributed by atoms with Gasteiger partial charge in [0.05, 0.1) is 0 Å². The van der Waals surface area contributed by atoms with Crippen molar-refractivity contribution in [2.45, 2.75) is 25.7 Å². The first kappa shape index (κ1) is 9.97. The molecule has 3 nitrogen and oxygen atoms in total. The van der Waals surface area contributed by atoms with Crippen molar-refractivity contribution in [1.29, 1.82) is 0 Å². The van der Waals surface area contributed by atoms with Gasteiger partial charge in [0.1, 0.15) is 0 Å². The molecule has 2 fully saturated rings. The lowest BCUT2D eigenvalue weighted by atomic mass is 9.66. The summed E-state index contributed by atoms with van der Waals surface area (Å²) in [6.45, 7) is 2.49. The van der Waals surface area contributed by atoms with E-state index in [4.69, 9.17) is 0 Å². The largest absolute Gasteiger partial charge is 0.359 e. The van der Waals surface area contributed by atoms with Crippen LogP contribution in [0.4, 0.5) is 0 Å². The summed E-state index contributed by atoms with van der Waals surface area (Å²) in [7, 11) is 3.92. The lowest BCUT2D eigenvalue weighted by Gasteiger charge is -2.52. The Labute approximate surface area is 85.8 Å². The van der Waals surface area contributed by atoms with Gasteiger partial charge in [-0.25, -0.2) is 0 Å². The topological polar surface area (TPSA) is 32.3 Å². The highest BCUT2D eigenvalue weighted by atomic mass is 16.1. The number of rotatable bonds is 1. The van der Waals surface area contributed by atoms with E-state index in [9.17, 15) is 4.79 Å². The fourth-order valence-electron chi connectivity index (χ4n) is 3.11. The number of likely N-dealkylation sites (tertiary alicyclic amines) is 1. The molecule has 0 aromatic rings. The molecule has 1 N–H and O–H groups in total. The minimum Gasteiger partial charge on any atom is -0.359 e. The maximum absolute atomic E-state index is 11.4. The first-order valence-electron chi connectivity index (χ1n) is 5.55. The Kier molecular flexibility index (Phi) is 2.52. The number of carbonyl (C=O) groups excluding carboxylic acids is 1. The van der Waals surface area contributed by atoms with E-state index in [0.717, 1.165) is 12.8 Å². The zero-order valence-electron chi connectivity index (χ0n) is 9.18. The van der Waals surface area contributed by atoms with E-state index in [1.165, 1.54) is 25.9 Å². The summed E-state index contributed by atoms with van der Waals surface area (Å²) in [5, 5.41) is 2.76. The summed E-state index contributed by atoms with van der Waals surface area (Å²) >= 11 is 0. The smallest absolute Gasteiger partial charge is 0.222 e. The molecule has 1 amide bonds. The molecule has 1 aliphatic carbocycles. The molecule has 0 aromatic heterocycles. The van der Waals surface area contributed by atoms with Gasteiger partial charge in [-0.3, -0.25) is 4.79 Å². The number of carbonyl (C=O) groups is 1. The number of hydrogen-bond donors (Lipinski definition) is 1. The Morgan fingerprint density at radius 3 is 2.36 bits per heavy atom. The molecule has 0 atom stereocenters. The highest BCUT2D eigenvalue weighted by Gasteiger charge is 2.44. The quantitative estimate of drug-likeness (QED) is 0.674. The fourth-order valence-corrected chi connectivity index (χ4v) is 3.11. The minimum atomic E-state index is 0.243. The molecule has 2 aliphatic rings. The standard InChI is InChI=1S/C11H20N2O/c1-12-10(14)9-3-5-11(6-4-9)7-13(2)8-11/h9H,3-8H2,1-2H3,(H,12,14). The van der Waals surface area contributed by atoms with Crippen molar-refractivity contribution < 1.29 is 4.79 Å². The molecule has 1 spiro atoms. The van der Waals surface area contributed by atoms with Crippen LogP contribution < -0.4 is 5.32 Å². The second kappa shape index (κ2) is 3.54. The summed E-state index contributed by atoms with van der Waals surface area (Å²) in [5.74, 6) is 0.532. The molecule has 0 bridgehead atoms. The van der Waals surface area contributed by atoms with E-state index in [0.29, 0.717) is 5.41 Å². The van der Waals surface area contributed by atoms with E-state index in [-0.39, 0.29) is 11.8 Å². The Hall–Kier alpha value is -0.570. The van der Waals surface area contributed by atoms with Crippen molar-refractivity contribution in [2.75, 3.05) is 27.2 Å². The maximum Gasteiger partial charge on any atom is 0.222 e. The molecule has 0 radical (unpaired) electrons. The summed E-state index contributed by atoms with van der Waals surface area (Å²) in [4.78, 5) is 13.8. The van der Waals surface area contributed by atoms with Crippen LogP contribution >= 0.6 is 0 Å². The van der Waals surface area contributed by atoms with Gasteiger partial charge in [0.2, 0.25) is 5.91 Å². The average molecular weight is 196 g/mol. The van der Waals surface area contributed by atoms with Crippen molar-refractivity contribution in [3.8, 4) is 0 Å². The zero-order chi connectivity index (χ0) is 10.2. The van der Waals surface area contributed by atoms with Crippen LogP contribution in [-0.4, -0.2) is 38.0 Å². The lowest BCUT2D eigenvalue weighted by molar-refractivity contribution is -0.127. The molecular formula is C11H20N2O. The lowest BCUT2D eigenvalue weighted by Crippen LogP contribution is -2.56. The van der Waals surface area contributed by atoms with Gasteiger partial charge in [-0.05, 0) is 38.1 Å². The van der Waals surface area contributed by atoms with Crippen LogP contribution in [0.3, 0.4) is 0 Å². The molecule has 1 saturated heterocycles. The van der Waals surface area contributed by atoms with Crippen molar-refractivity contribution in [3.05, 3.63) is 0 Å². The third-order valence-corrected chi connectivity index (χ3v) is 3.87. The van der Waals surface area contributed by atoms with Gasteiger partial charge in [0.15, 0.2) is 0 Å². The predicted octanol–water partition coefficient (Wildman–Crippen LogP) is 0.854. The third kappa shape index (κ3) is 1.65. The summed E-state index contributed by atoms with van der Waals surface area (Å²) in [5.41, 5.74) is 0.583. The van der Waals surface area contributed by atoms with Crippen LogP contribution in [0.15, 0.2) is 0 Å². The molecule has 1 heterocycles.